The zero-order valence-corrected chi connectivity index (χ0v) is 7.63. The van der Waals surface area contributed by atoms with Gasteiger partial charge in [-0.1, -0.05) is 20.3 Å². The second-order valence-electron chi connectivity index (χ2n) is 2.95. The fourth-order valence-corrected chi connectivity index (χ4v) is 0.764. The van der Waals surface area contributed by atoms with Crippen molar-refractivity contribution >= 4 is 11.9 Å². The fraction of sp³-hybridized carbons (Fsp3) is 0.750. The molecule has 70 valence electrons. The molecule has 0 bridgehead atoms. The summed E-state index contributed by atoms with van der Waals surface area (Å²) >= 11 is 0. The molecule has 0 rings (SSSR count). The molecule has 0 aromatic carbocycles. The molecule has 12 heavy (non-hydrogen) atoms. The van der Waals surface area contributed by atoms with Gasteiger partial charge in [0.2, 0.25) is 0 Å². The van der Waals surface area contributed by atoms with Gasteiger partial charge in [0.1, 0.15) is 0 Å². The zero-order chi connectivity index (χ0) is 9.72. The van der Waals surface area contributed by atoms with Crippen molar-refractivity contribution in [2.24, 2.45) is 5.92 Å². The summed E-state index contributed by atoms with van der Waals surface area (Å²) in [6, 6.07) is -0.0846. The normalized spacial score (nSPS) is 14.9. The highest BCUT2D eigenvalue weighted by atomic mass is 16.4. The van der Waals surface area contributed by atoms with E-state index in [1.165, 1.54) is 0 Å². The summed E-state index contributed by atoms with van der Waals surface area (Å²) in [5.74, 6) is -2.05. The van der Waals surface area contributed by atoms with Crippen LogP contribution in [0.15, 0.2) is 0 Å². The molecule has 2 atom stereocenters. The third kappa shape index (κ3) is 3.37. The number of hydrogen-bond donors (Lipinski definition) is 2. The average Bonchev–Trinajstić information content (AvgIpc) is 2.02. The number of aliphatic carboxylic acids is 1. The number of rotatable bonds is 3. The Bertz CT molecular complexity index is 179. The van der Waals surface area contributed by atoms with E-state index < -0.39 is 11.9 Å². The maximum atomic E-state index is 10.7. The van der Waals surface area contributed by atoms with Gasteiger partial charge in [0.25, 0.3) is 0 Å². The maximum absolute atomic E-state index is 10.7. The Balaban J connectivity index is 3.92. The zero-order valence-electron chi connectivity index (χ0n) is 7.63. The molecule has 2 N–H and O–H groups in total. The van der Waals surface area contributed by atoms with Gasteiger partial charge >= 0.3 is 11.9 Å². The Labute approximate surface area is 72.0 Å². The lowest BCUT2D eigenvalue weighted by Crippen LogP contribution is -2.40. The van der Waals surface area contributed by atoms with Crippen molar-refractivity contribution in [3.8, 4) is 0 Å². The lowest BCUT2D eigenvalue weighted by Gasteiger charge is -2.18. The third-order valence-electron chi connectivity index (χ3n) is 2.05. The molecule has 0 spiro atoms. The Morgan fingerprint density at radius 3 is 2.25 bits per heavy atom. The van der Waals surface area contributed by atoms with Crippen LogP contribution in [0.1, 0.15) is 27.2 Å². The van der Waals surface area contributed by atoms with Gasteiger partial charge in [-0.15, -0.1) is 0 Å². The molecule has 1 amide bonds. The molecule has 0 heterocycles. The summed E-state index contributed by atoms with van der Waals surface area (Å²) < 4.78 is 0. The van der Waals surface area contributed by atoms with Crippen molar-refractivity contribution in [1.29, 1.82) is 0 Å². The van der Waals surface area contributed by atoms with Crippen LogP contribution in [-0.2, 0) is 9.59 Å². The third-order valence-corrected chi connectivity index (χ3v) is 2.05. The summed E-state index contributed by atoms with van der Waals surface area (Å²) in [5.41, 5.74) is 0. The molecular weight excluding hydrogens is 158 g/mol. The number of nitrogens with one attached hydrogen (secondary N) is 1. The van der Waals surface area contributed by atoms with E-state index in [0.29, 0.717) is 5.92 Å². The van der Waals surface area contributed by atoms with Crippen molar-refractivity contribution in [3.63, 3.8) is 0 Å². The highest BCUT2D eigenvalue weighted by Gasteiger charge is 2.17. The van der Waals surface area contributed by atoms with Crippen molar-refractivity contribution in [2.45, 2.75) is 33.2 Å². The van der Waals surface area contributed by atoms with Crippen molar-refractivity contribution in [2.75, 3.05) is 0 Å². The first kappa shape index (κ1) is 10.9. The molecule has 0 aromatic heterocycles. The van der Waals surface area contributed by atoms with Crippen LogP contribution >= 0.6 is 0 Å². The van der Waals surface area contributed by atoms with Gasteiger partial charge < -0.3 is 10.4 Å². The van der Waals surface area contributed by atoms with Crippen LogP contribution in [0, 0.1) is 5.92 Å². The molecule has 2 unspecified atom stereocenters. The van der Waals surface area contributed by atoms with E-state index in [4.69, 9.17) is 5.11 Å². The van der Waals surface area contributed by atoms with E-state index >= 15 is 0 Å². The highest BCUT2D eigenvalue weighted by molar-refractivity contribution is 6.31. The minimum absolute atomic E-state index is 0.0846. The molecule has 0 fully saturated rings. The van der Waals surface area contributed by atoms with Crippen LogP contribution in [0.5, 0.6) is 0 Å². The van der Waals surface area contributed by atoms with Gasteiger partial charge in [-0.25, -0.2) is 4.79 Å². The van der Waals surface area contributed by atoms with E-state index in [2.05, 4.69) is 5.32 Å². The molecular formula is C8H15NO3. The molecule has 4 heteroatoms. The van der Waals surface area contributed by atoms with E-state index in [0.717, 1.165) is 6.42 Å². The van der Waals surface area contributed by atoms with Crippen LogP contribution < -0.4 is 5.32 Å². The summed E-state index contributed by atoms with van der Waals surface area (Å²) in [4.78, 5) is 20.8. The second-order valence-corrected chi connectivity index (χ2v) is 2.95. The van der Waals surface area contributed by atoms with Gasteiger partial charge in [0, 0.05) is 6.04 Å². The Morgan fingerprint density at radius 2 is 1.92 bits per heavy atom. The number of carboxylic acids is 1. The standard InChI is InChI=1S/C8H15NO3/c1-4-5(2)6(3)9-7(10)8(11)12/h5-6H,4H2,1-3H3,(H,9,10)(H,11,12). The van der Waals surface area contributed by atoms with Gasteiger partial charge in [0.05, 0.1) is 0 Å². The molecule has 4 nitrogen and oxygen atoms in total. The van der Waals surface area contributed by atoms with Gasteiger partial charge in [0.15, 0.2) is 0 Å². The van der Waals surface area contributed by atoms with Crippen LogP contribution in [0.25, 0.3) is 0 Å². The van der Waals surface area contributed by atoms with E-state index in [1.54, 1.807) is 6.92 Å². The van der Waals surface area contributed by atoms with Crippen molar-refractivity contribution in [3.05, 3.63) is 0 Å². The SMILES string of the molecule is CCC(C)C(C)NC(=O)C(=O)O. The monoisotopic (exact) mass is 173 g/mol. The molecule has 0 aliphatic heterocycles. The Kier molecular flexibility index (Phi) is 4.33. The summed E-state index contributed by atoms with van der Waals surface area (Å²) in [7, 11) is 0. The summed E-state index contributed by atoms with van der Waals surface area (Å²) in [5, 5.41) is 10.7. The number of carbonyl (C=O) groups excluding carboxylic acids is 1. The molecule has 0 radical (unpaired) electrons. The second kappa shape index (κ2) is 4.74. The average molecular weight is 173 g/mol. The lowest BCUT2D eigenvalue weighted by atomic mass is 10.0. The number of carboxylic acid groups (broad SMARTS) is 1. The molecule has 0 saturated heterocycles. The molecule has 0 aliphatic carbocycles. The van der Waals surface area contributed by atoms with E-state index in [-0.39, 0.29) is 6.04 Å². The minimum atomic E-state index is -1.43. The van der Waals surface area contributed by atoms with Crippen molar-refractivity contribution in [1.82, 2.24) is 5.32 Å². The number of amides is 1. The predicted octanol–water partition coefficient (Wildman–Crippen LogP) is 0.622. The predicted molar refractivity (Wildman–Crippen MR) is 44.7 cm³/mol. The first-order chi connectivity index (χ1) is 5.49. The van der Waals surface area contributed by atoms with Crippen LogP contribution in [0.2, 0.25) is 0 Å². The Hall–Kier alpha value is -1.06. The molecule has 0 aliphatic rings. The smallest absolute Gasteiger partial charge is 0.394 e. The Morgan fingerprint density at radius 1 is 1.42 bits per heavy atom. The van der Waals surface area contributed by atoms with Crippen LogP contribution in [0.4, 0.5) is 0 Å². The molecule has 0 saturated carbocycles. The maximum Gasteiger partial charge on any atom is 0.394 e. The quantitative estimate of drug-likeness (QED) is 0.615. The fourth-order valence-electron chi connectivity index (χ4n) is 0.764. The van der Waals surface area contributed by atoms with Gasteiger partial charge in [-0.2, -0.15) is 0 Å². The summed E-state index contributed by atoms with van der Waals surface area (Å²) in [6.45, 7) is 5.76. The number of hydrogen-bond acceptors (Lipinski definition) is 2. The highest BCUT2D eigenvalue weighted by Crippen LogP contribution is 2.05. The first-order valence-corrected chi connectivity index (χ1v) is 4.02. The first-order valence-electron chi connectivity index (χ1n) is 4.02. The minimum Gasteiger partial charge on any atom is -0.474 e. The molecule has 0 aromatic rings. The van der Waals surface area contributed by atoms with Gasteiger partial charge in [-0.05, 0) is 12.8 Å². The topological polar surface area (TPSA) is 66.4 Å². The van der Waals surface area contributed by atoms with E-state index in [1.807, 2.05) is 13.8 Å². The number of carbonyl (C=O) groups is 2. The largest absolute Gasteiger partial charge is 0.474 e. The van der Waals surface area contributed by atoms with Crippen LogP contribution in [0.3, 0.4) is 0 Å². The van der Waals surface area contributed by atoms with Gasteiger partial charge in [-0.3, -0.25) is 4.79 Å². The summed E-state index contributed by atoms with van der Waals surface area (Å²) in [6.07, 6.45) is 0.918. The van der Waals surface area contributed by atoms with E-state index in [9.17, 15) is 9.59 Å². The lowest BCUT2D eigenvalue weighted by molar-refractivity contribution is -0.150. The van der Waals surface area contributed by atoms with Crippen LogP contribution in [-0.4, -0.2) is 23.0 Å². The van der Waals surface area contributed by atoms with Crippen molar-refractivity contribution < 1.29 is 14.7 Å².